The largest absolute Gasteiger partial charge is 0.462 e. The van der Waals surface area contributed by atoms with Crippen LogP contribution in [0.3, 0.4) is 0 Å². The molecule has 1 heterocycles. The van der Waals surface area contributed by atoms with Gasteiger partial charge in [-0.1, -0.05) is 0 Å². The molecule has 0 radical (unpaired) electrons. The lowest BCUT2D eigenvalue weighted by atomic mass is 10.0. The molecule has 0 saturated heterocycles. The second kappa shape index (κ2) is 8.48. The molecule has 6 nitrogen and oxygen atoms in total. The van der Waals surface area contributed by atoms with Gasteiger partial charge < -0.3 is 14.0 Å². The van der Waals surface area contributed by atoms with Gasteiger partial charge in [-0.05, 0) is 74.6 Å². The van der Waals surface area contributed by atoms with Crippen molar-refractivity contribution in [2.75, 3.05) is 13.2 Å². The predicted molar refractivity (Wildman–Crippen MR) is 106 cm³/mol. The molecule has 0 aliphatic carbocycles. The van der Waals surface area contributed by atoms with Crippen LogP contribution in [-0.4, -0.2) is 29.7 Å². The molecule has 0 aliphatic heterocycles. The van der Waals surface area contributed by atoms with Crippen molar-refractivity contribution in [1.29, 1.82) is 0 Å². The maximum atomic E-state index is 12.9. The quantitative estimate of drug-likeness (QED) is 0.496. The summed E-state index contributed by atoms with van der Waals surface area (Å²) in [5.74, 6) is -1.50. The summed E-state index contributed by atoms with van der Waals surface area (Å²) in [5.41, 5.74) is 0.591. The summed E-state index contributed by atoms with van der Waals surface area (Å²) in [7, 11) is 0. The Hall–Kier alpha value is -2.16. The Balaban J connectivity index is 2.86. The molecule has 2 aromatic rings. The maximum Gasteiger partial charge on any atom is 0.343 e. The van der Waals surface area contributed by atoms with Crippen molar-refractivity contribution in [3.63, 3.8) is 0 Å². The minimum absolute atomic E-state index is 0.129. The number of aromatic nitrogens is 1. The first-order valence-electron chi connectivity index (χ1n) is 8.19. The van der Waals surface area contributed by atoms with Gasteiger partial charge in [-0.2, -0.15) is 0 Å². The van der Waals surface area contributed by atoms with Crippen molar-refractivity contribution in [1.82, 2.24) is 4.57 Å². The minimum Gasteiger partial charge on any atom is -0.462 e. The number of rotatable bonds is 5. The van der Waals surface area contributed by atoms with Crippen LogP contribution in [0.4, 0.5) is 0 Å². The highest BCUT2D eigenvalue weighted by Crippen LogP contribution is 2.21. The Morgan fingerprint density at radius 2 is 1.35 bits per heavy atom. The van der Waals surface area contributed by atoms with E-state index in [1.807, 2.05) is 24.3 Å². The van der Waals surface area contributed by atoms with Crippen LogP contribution < -0.4 is 5.43 Å². The van der Waals surface area contributed by atoms with E-state index in [1.165, 1.54) is 0 Å². The number of carbonyl (C=O) groups is 2. The Morgan fingerprint density at radius 3 is 1.73 bits per heavy atom. The van der Waals surface area contributed by atoms with Gasteiger partial charge in [0.25, 0.3) is 0 Å². The molecule has 0 N–H and O–H groups in total. The van der Waals surface area contributed by atoms with Crippen LogP contribution in [0.5, 0.6) is 0 Å². The number of hydrogen-bond donors (Lipinski definition) is 0. The van der Waals surface area contributed by atoms with Crippen molar-refractivity contribution in [3.05, 3.63) is 60.6 Å². The fourth-order valence-electron chi connectivity index (χ4n) is 2.79. The van der Waals surface area contributed by atoms with Crippen molar-refractivity contribution < 1.29 is 19.1 Å². The number of halogens is 1. The van der Waals surface area contributed by atoms with Gasteiger partial charge in [-0.25, -0.2) is 9.59 Å². The number of nitrogens with zero attached hydrogens (tertiary/aromatic N) is 1. The molecule has 0 spiro atoms. The predicted octanol–water partition coefficient (Wildman–Crippen LogP) is 3.41. The molecular formula is C19H20INO5. The zero-order valence-electron chi connectivity index (χ0n) is 15.1. The highest BCUT2D eigenvalue weighted by atomic mass is 127. The summed E-state index contributed by atoms with van der Waals surface area (Å²) in [4.78, 5) is 37.6. The molecule has 0 fully saturated rings. The minimum atomic E-state index is -0.750. The van der Waals surface area contributed by atoms with E-state index in [0.717, 1.165) is 9.26 Å². The van der Waals surface area contributed by atoms with Gasteiger partial charge >= 0.3 is 11.9 Å². The van der Waals surface area contributed by atoms with Crippen molar-refractivity contribution in [2.45, 2.75) is 27.7 Å². The summed E-state index contributed by atoms with van der Waals surface area (Å²) in [6.45, 7) is 6.89. The Kier molecular flexibility index (Phi) is 6.57. The number of hydrogen-bond acceptors (Lipinski definition) is 5. The average molecular weight is 469 g/mol. The van der Waals surface area contributed by atoms with Crippen LogP contribution >= 0.6 is 22.6 Å². The Labute approximate surface area is 165 Å². The summed E-state index contributed by atoms with van der Waals surface area (Å²) < 4.78 is 12.8. The Morgan fingerprint density at radius 1 is 0.923 bits per heavy atom. The number of carbonyl (C=O) groups excluding carboxylic acids is 2. The highest BCUT2D eigenvalue weighted by Gasteiger charge is 2.27. The van der Waals surface area contributed by atoms with E-state index >= 15 is 0 Å². The van der Waals surface area contributed by atoms with Crippen LogP contribution in [0.15, 0.2) is 29.1 Å². The first kappa shape index (κ1) is 20.2. The SMILES string of the molecule is CCOC(=O)c1c(C)n(-c2ccc(I)cc2)c(C)c(C(=O)OCC)c1=O. The van der Waals surface area contributed by atoms with E-state index in [0.29, 0.717) is 11.4 Å². The van der Waals surface area contributed by atoms with E-state index in [4.69, 9.17) is 9.47 Å². The summed E-state index contributed by atoms with van der Waals surface area (Å²) >= 11 is 2.19. The summed E-state index contributed by atoms with van der Waals surface area (Å²) in [6, 6.07) is 7.52. The third kappa shape index (κ3) is 3.82. The fraction of sp³-hybridized carbons (Fsp3) is 0.316. The van der Waals surface area contributed by atoms with Gasteiger partial charge in [0.15, 0.2) is 0 Å². The van der Waals surface area contributed by atoms with Gasteiger partial charge in [0.05, 0.1) is 13.2 Å². The van der Waals surface area contributed by atoms with Gasteiger partial charge in [-0.15, -0.1) is 0 Å². The average Bonchev–Trinajstić information content (AvgIpc) is 2.57. The van der Waals surface area contributed by atoms with Crippen LogP contribution in [0.2, 0.25) is 0 Å². The third-order valence-corrected chi connectivity index (χ3v) is 4.61. The van der Waals surface area contributed by atoms with Crippen LogP contribution in [0.25, 0.3) is 5.69 Å². The van der Waals surface area contributed by atoms with Crippen LogP contribution in [-0.2, 0) is 9.47 Å². The number of benzene rings is 1. The molecule has 0 unspecified atom stereocenters. The van der Waals surface area contributed by atoms with Gasteiger partial charge in [-0.3, -0.25) is 4.79 Å². The lowest BCUT2D eigenvalue weighted by Gasteiger charge is -2.20. The van der Waals surface area contributed by atoms with E-state index in [-0.39, 0.29) is 24.3 Å². The van der Waals surface area contributed by atoms with E-state index in [2.05, 4.69) is 22.6 Å². The van der Waals surface area contributed by atoms with E-state index in [9.17, 15) is 14.4 Å². The number of ether oxygens (including phenoxy) is 2. The first-order valence-corrected chi connectivity index (χ1v) is 9.27. The fourth-order valence-corrected chi connectivity index (χ4v) is 3.15. The molecule has 2 rings (SSSR count). The molecular weight excluding hydrogens is 449 g/mol. The molecule has 0 aliphatic rings. The highest BCUT2D eigenvalue weighted by molar-refractivity contribution is 14.1. The lowest BCUT2D eigenvalue weighted by Crippen LogP contribution is -2.31. The van der Waals surface area contributed by atoms with Crippen molar-refractivity contribution in [2.24, 2.45) is 0 Å². The molecule has 0 amide bonds. The maximum absolute atomic E-state index is 12.9. The third-order valence-electron chi connectivity index (χ3n) is 3.89. The monoisotopic (exact) mass is 469 g/mol. The van der Waals surface area contributed by atoms with Crippen LogP contribution in [0, 0.1) is 17.4 Å². The number of pyridine rings is 1. The first-order chi connectivity index (χ1) is 12.3. The second-order valence-electron chi connectivity index (χ2n) is 5.50. The van der Waals surface area contributed by atoms with Crippen LogP contribution in [0.1, 0.15) is 46.0 Å². The van der Waals surface area contributed by atoms with Gasteiger partial charge in [0.2, 0.25) is 5.43 Å². The molecule has 138 valence electrons. The second-order valence-corrected chi connectivity index (χ2v) is 6.75. The molecule has 26 heavy (non-hydrogen) atoms. The Bertz CT molecular complexity index is 851. The zero-order chi connectivity index (χ0) is 19.4. The normalized spacial score (nSPS) is 10.5. The molecule has 7 heteroatoms. The van der Waals surface area contributed by atoms with E-state index in [1.54, 1.807) is 32.3 Å². The smallest absolute Gasteiger partial charge is 0.343 e. The van der Waals surface area contributed by atoms with E-state index < -0.39 is 17.4 Å². The number of esters is 2. The van der Waals surface area contributed by atoms with Crippen molar-refractivity contribution >= 4 is 34.5 Å². The summed E-state index contributed by atoms with van der Waals surface area (Å²) in [6.07, 6.45) is 0. The molecule has 1 aromatic heterocycles. The molecule has 0 saturated carbocycles. The molecule has 0 atom stereocenters. The molecule has 0 bridgehead atoms. The van der Waals surface area contributed by atoms with Gasteiger partial charge in [0, 0.05) is 20.6 Å². The lowest BCUT2D eigenvalue weighted by molar-refractivity contribution is 0.0519. The van der Waals surface area contributed by atoms with Gasteiger partial charge in [0.1, 0.15) is 11.1 Å². The van der Waals surface area contributed by atoms with Crippen molar-refractivity contribution in [3.8, 4) is 5.69 Å². The standard InChI is InChI=1S/C19H20INO5/c1-5-25-18(23)15-11(3)21(14-9-7-13(20)8-10-14)12(4)16(17(15)22)19(24)26-6-2/h7-10H,5-6H2,1-4H3. The topological polar surface area (TPSA) is 74.6 Å². The summed E-state index contributed by atoms with van der Waals surface area (Å²) in [5, 5.41) is 0. The molecule has 1 aromatic carbocycles. The zero-order valence-corrected chi connectivity index (χ0v) is 17.2.